The molecule has 1 atom stereocenters. The highest BCUT2D eigenvalue weighted by Gasteiger charge is 2.29. The van der Waals surface area contributed by atoms with Crippen LogP contribution in [0, 0.1) is 0 Å². The maximum absolute atomic E-state index is 12.3. The van der Waals surface area contributed by atoms with Crippen LogP contribution in [0.1, 0.15) is 0 Å². The predicted molar refractivity (Wildman–Crippen MR) is 77.5 cm³/mol. The summed E-state index contributed by atoms with van der Waals surface area (Å²) < 4.78 is 15.4. The lowest BCUT2D eigenvalue weighted by molar-refractivity contribution is -0.154. The van der Waals surface area contributed by atoms with Crippen LogP contribution in [0.3, 0.4) is 0 Å². The van der Waals surface area contributed by atoms with Crippen molar-refractivity contribution in [3.05, 3.63) is 18.2 Å². The molecule has 2 N–H and O–H groups in total. The van der Waals surface area contributed by atoms with E-state index < -0.39 is 18.1 Å². The zero-order valence-electron chi connectivity index (χ0n) is 12.4. The first-order chi connectivity index (χ1) is 10.5. The number of hydrogen-bond acceptors (Lipinski definition) is 5. The van der Waals surface area contributed by atoms with Gasteiger partial charge in [0, 0.05) is 12.6 Å². The number of ether oxygens (including phenoxy) is 3. The fourth-order valence-corrected chi connectivity index (χ4v) is 2.09. The van der Waals surface area contributed by atoms with Gasteiger partial charge in [-0.25, -0.2) is 9.59 Å². The summed E-state index contributed by atoms with van der Waals surface area (Å²) in [5, 5.41) is 11.7. The van der Waals surface area contributed by atoms with Crippen LogP contribution in [-0.4, -0.2) is 62.0 Å². The lowest BCUT2D eigenvalue weighted by Gasteiger charge is -2.31. The van der Waals surface area contributed by atoms with Crippen molar-refractivity contribution in [2.45, 2.75) is 6.10 Å². The van der Waals surface area contributed by atoms with Crippen molar-refractivity contribution in [2.75, 3.05) is 39.2 Å². The number of carboxylic acids is 1. The van der Waals surface area contributed by atoms with Gasteiger partial charge in [-0.3, -0.25) is 0 Å². The maximum Gasteiger partial charge on any atom is 0.334 e. The number of anilines is 1. The molecule has 0 aromatic heterocycles. The van der Waals surface area contributed by atoms with E-state index in [1.807, 2.05) is 0 Å². The van der Waals surface area contributed by atoms with Crippen molar-refractivity contribution in [3.8, 4) is 11.5 Å². The summed E-state index contributed by atoms with van der Waals surface area (Å²) in [7, 11) is 3.01. The molecule has 0 unspecified atom stereocenters. The fraction of sp³-hybridized carbons (Fsp3) is 0.429. The molecule has 1 saturated heterocycles. The monoisotopic (exact) mass is 310 g/mol. The van der Waals surface area contributed by atoms with E-state index in [1.165, 1.54) is 19.1 Å². The molecule has 1 heterocycles. The summed E-state index contributed by atoms with van der Waals surface area (Å²) in [5.74, 6) is -0.0323. The molecule has 0 bridgehead atoms. The first kappa shape index (κ1) is 15.9. The fourth-order valence-electron chi connectivity index (χ4n) is 2.09. The van der Waals surface area contributed by atoms with Gasteiger partial charge in [0.1, 0.15) is 11.5 Å². The third-order valence-electron chi connectivity index (χ3n) is 3.28. The number of urea groups is 1. The highest BCUT2D eigenvalue weighted by atomic mass is 16.5. The molecule has 0 radical (unpaired) electrons. The smallest absolute Gasteiger partial charge is 0.334 e. The van der Waals surface area contributed by atoms with Gasteiger partial charge in [-0.2, -0.15) is 0 Å². The zero-order chi connectivity index (χ0) is 16.1. The Bertz CT molecular complexity index is 562. The van der Waals surface area contributed by atoms with Gasteiger partial charge in [0.05, 0.1) is 33.1 Å². The standard InChI is InChI=1S/C14H18N2O6/c1-20-9-3-4-11(21-2)10(7-9)15-14(19)16-5-6-22-12(8-16)13(17)18/h3-4,7,12H,5-6,8H2,1-2H3,(H,15,19)(H,17,18)/t12-/m1/s1. The summed E-state index contributed by atoms with van der Waals surface area (Å²) in [6.07, 6.45) is -1.01. The minimum atomic E-state index is -1.09. The summed E-state index contributed by atoms with van der Waals surface area (Å²) in [5.41, 5.74) is 0.449. The van der Waals surface area contributed by atoms with Crippen LogP contribution in [-0.2, 0) is 9.53 Å². The number of carboxylic acid groups (broad SMARTS) is 1. The Morgan fingerprint density at radius 1 is 1.36 bits per heavy atom. The molecule has 8 heteroatoms. The first-order valence-corrected chi connectivity index (χ1v) is 6.67. The van der Waals surface area contributed by atoms with Crippen LogP contribution in [0.15, 0.2) is 18.2 Å². The Morgan fingerprint density at radius 3 is 2.77 bits per heavy atom. The SMILES string of the molecule is COc1ccc(OC)c(NC(=O)N2CCO[C@@H](C(=O)O)C2)c1. The van der Waals surface area contributed by atoms with E-state index in [9.17, 15) is 9.59 Å². The molecular formula is C14H18N2O6. The molecule has 1 aliphatic rings. The van der Waals surface area contributed by atoms with E-state index in [0.717, 1.165) is 0 Å². The van der Waals surface area contributed by atoms with Gasteiger partial charge in [-0.15, -0.1) is 0 Å². The van der Waals surface area contributed by atoms with Gasteiger partial charge < -0.3 is 29.5 Å². The van der Waals surface area contributed by atoms with Crippen molar-refractivity contribution < 1.29 is 28.9 Å². The van der Waals surface area contributed by atoms with Gasteiger partial charge in [0.15, 0.2) is 6.10 Å². The summed E-state index contributed by atoms with van der Waals surface area (Å²) >= 11 is 0. The topological polar surface area (TPSA) is 97.3 Å². The lowest BCUT2D eigenvalue weighted by Crippen LogP contribution is -2.49. The van der Waals surface area contributed by atoms with Crippen molar-refractivity contribution in [3.63, 3.8) is 0 Å². The van der Waals surface area contributed by atoms with Gasteiger partial charge >= 0.3 is 12.0 Å². The largest absolute Gasteiger partial charge is 0.497 e. The predicted octanol–water partition coefficient (Wildman–Crippen LogP) is 1.02. The number of nitrogens with one attached hydrogen (secondary N) is 1. The van der Waals surface area contributed by atoms with E-state index >= 15 is 0 Å². The van der Waals surface area contributed by atoms with E-state index in [4.69, 9.17) is 19.3 Å². The third-order valence-corrected chi connectivity index (χ3v) is 3.28. The Labute approximate surface area is 127 Å². The minimum absolute atomic E-state index is 0.00650. The molecule has 1 aromatic rings. The van der Waals surface area contributed by atoms with Crippen LogP contribution in [0.25, 0.3) is 0 Å². The second kappa shape index (κ2) is 6.99. The summed E-state index contributed by atoms with van der Waals surface area (Å²) in [6, 6.07) is 4.60. The molecule has 2 amide bonds. The number of amides is 2. The Morgan fingerprint density at radius 2 is 2.14 bits per heavy atom. The molecule has 0 spiro atoms. The van der Waals surface area contributed by atoms with E-state index in [0.29, 0.717) is 23.7 Å². The average molecular weight is 310 g/mol. The molecule has 1 aromatic carbocycles. The van der Waals surface area contributed by atoms with Crippen molar-refractivity contribution in [1.29, 1.82) is 0 Å². The molecule has 1 fully saturated rings. The average Bonchev–Trinajstić information content (AvgIpc) is 2.54. The van der Waals surface area contributed by atoms with Crippen LogP contribution in [0.5, 0.6) is 11.5 Å². The first-order valence-electron chi connectivity index (χ1n) is 6.67. The molecule has 1 aliphatic heterocycles. The third kappa shape index (κ3) is 3.59. The Kier molecular flexibility index (Phi) is 5.05. The van der Waals surface area contributed by atoms with Crippen molar-refractivity contribution >= 4 is 17.7 Å². The summed E-state index contributed by atoms with van der Waals surface area (Å²) in [4.78, 5) is 24.6. The molecule has 8 nitrogen and oxygen atoms in total. The maximum atomic E-state index is 12.3. The molecule has 0 aliphatic carbocycles. The van der Waals surface area contributed by atoms with E-state index in [2.05, 4.69) is 5.32 Å². The van der Waals surface area contributed by atoms with Gasteiger partial charge in [-0.1, -0.05) is 0 Å². The molecular weight excluding hydrogens is 292 g/mol. The number of nitrogens with zero attached hydrogens (tertiary/aromatic N) is 1. The zero-order valence-corrected chi connectivity index (χ0v) is 12.4. The quantitative estimate of drug-likeness (QED) is 0.862. The number of hydrogen-bond donors (Lipinski definition) is 2. The number of morpholine rings is 1. The van der Waals surface area contributed by atoms with Crippen LogP contribution < -0.4 is 14.8 Å². The molecule has 0 saturated carbocycles. The van der Waals surface area contributed by atoms with Crippen LogP contribution in [0.2, 0.25) is 0 Å². The number of benzene rings is 1. The van der Waals surface area contributed by atoms with Gasteiger partial charge in [-0.05, 0) is 12.1 Å². The summed E-state index contributed by atoms with van der Waals surface area (Å²) in [6.45, 7) is 0.495. The second-order valence-corrected chi connectivity index (χ2v) is 4.64. The van der Waals surface area contributed by atoms with Crippen LogP contribution in [0.4, 0.5) is 10.5 Å². The number of methoxy groups -OCH3 is 2. The molecule has 120 valence electrons. The minimum Gasteiger partial charge on any atom is -0.497 e. The van der Waals surface area contributed by atoms with Crippen molar-refractivity contribution in [2.24, 2.45) is 0 Å². The number of carbonyl (C=O) groups is 2. The number of carbonyl (C=O) groups excluding carboxylic acids is 1. The van der Waals surface area contributed by atoms with E-state index in [-0.39, 0.29) is 13.2 Å². The number of aliphatic carboxylic acids is 1. The Balaban J connectivity index is 2.09. The lowest BCUT2D eigenvalue weighted by atomic mass is 10.2. The highest BCUT2D eigenvalue weighted by molar-refractivity contribution is 5.91. The second-order valence-electron chi connectivity index (χ2n) is 4.64. The normalized spacial score (nSPS) is 17.7. The van der Waals surface area contributed by atoms with Crippen LogP contribution >= 0.6 is 0 Å². The molecule has 2 rings (SSSR count). The van der Waals surface area contributed by atoms with E-state index in [1.54, 1.807) is 18.2 Å². The van der Waals surface area contributed by atoms with Gasteiger partial charge in [0.25, 0.3) is 0 Å². The Hall–Kier alpha value is -2.48. The van der Waals surface area contributed by atoms with Crippen molar-refractivity contribution in [1.82, 2.24) is 4.90 Å². The number of rotatable bonds is 4. The highest BCUT2D eigenvalue weighted by Crippen LogP contribution is 2.29. The van der Waals surface area contributed by atoms with Gasteiger partial charge in [0.2, 0.25) is 0 Å². The molecule has 22 heavy (non-hydrogen) atoms.